The number of hydrogen-bond donors (Lipinski definition) is 0. The first kappa shape index (κ1) is 14.1. The van der Waals surface area contributed by atoms with Gasteiger partial charge in [-0.05, 0) is 45.0 Å². The van der Waals surface area contributed by atoms with Gasteiger partial charge in [0.1, 0.15) is 0 Å². The summed E-state index contributed by atoms with van der Waals surface area (Å²) in [4.78, 5) is 13.2. The Balaban J connectivity index is 1.78. The summed E-state index contributed by atoms with van der Waals surface area (Å²) in [5.74, 6) is 0. The standard InChI is InChI=1S/C16H21N3O2/c1-17-10-3-2-5-13(17)8-11-18-12-9-14-15(18)6-4-7-16(14)19(20)21/h4,6-7,9,12-13H,2-3,5,8,10-11H2,1H3. The molecule has 0 amide bonds. The molecule has 2 aromatic rings. The molecule has 0 bridgehead atoms. The zero-order valence-corrected chi connectivity index (χ0v) is 12.4. The third-order valence-corrected chi connectivity index (χ3v) is 4.61. The highest BCUT2D eigenvalue weighted by Gasteiger charge is 2.19. The minimum atomic E-state index is -0.304. The van der Waals surface area contributed by atoms with Crippen molar-refractivity contribution in [1.82, 2.24) is 9.47 Å². The number of nitrogens with zero attached hydrogens (tertiary/aromatic N) is 3. The Hall–Kier alpha value is -1.88. The van der Waals surface area contributed by atoms with Crippen LogP contribution < -0.4 is 0 Å². The van der Waals surface area contributed by atoms with Crippen molar-refractivity contribution < 1.29 is 4.92 Å². The van der Waals surface area contributed by atoms with E-state index < -0.39 is 0 Å². The molecule has 5 nitrogen and oxygen atoms in total. The summed E-state index contributed by atoms with van der Waals surface area (Å²) in [6, 6.07) is 7.80. The second-order valence-electron chi connectivity index (χ2n) is 5.90. The quantitative estimate of drug-likeness (QED) is 0.639. The highest BCUT2D eigenvalue weighted by molar-refractivity contribution is 5.89. The number of fused-ring (bicyclic) bond motifs is 1. The molecule has 0 radical (unpaired) electrons. The SMILES string of the molecule is CN1CCCCC1CCn1ccc2c([N+](=O)[O-])cccc21. The topological polar surface area (TPSA) is 51.3 Å². The fraction of sp³-hybridized carbons (Fsp3) is 0.500. The smallest absolute Gasteiger partial charge is 0.278 e. The van der Waals surface area contributed by atoms with Crippen molar-refractivity contribution in [2.45, 2.75) is 38.3 Å². The first-order chi connectivity index (χ1) is 10.2. The Morgan fingerprint density at radius 1 is 1.33 bits per heavy atom. The monoisotopic (exact) mass is 287 g/mol. The van der Waals surface area contributed by atoms with Gasteiger partial charge in [0.05, 0.1) is 15.8 Å². The van der Waals surface area contributed by atoms with Gasteiger partial charge in [0.15, 0.2) is 0 Å². The van der Waals surface area contributed by atoms with Gasteiger partial charge in [-0.1, -0.05) is 12.5 Å². The predicted molar refractivity (Wildman–Crippen MR) is 83.5 cm³/mol. The summed E-state index contributed by atoms with van der Waals surface area (Å²) < 4.78 is 2.14. The van der Waals surface area contributed by atoms with E-state index >= 15 is 0 Å². The van der Waals surface area contributed by atoms with Gasteiger partial charge in [-0.3, -0.25) is 10.1 Å². The van der Waals surface area contributed by atoms with E-state index in [1.807, 2.05) is 18.3 Å². The molecule has 0 N–H and O–H groups in total. The summed E-state index contributed by atoms with van der Waals surface area (Å²) in [6.45, 7) is 2.10. The molecule has 1 atom stereocenters. The molecule has 0 spiro atoms. The van der Waals surface area contributed by atoms with Crippen molar-refractivity contribution in [3.05, 3.63) is 40.6 Å². The summed E-state index contributed by atoms with van der Waals surface area (Å²) in [7, 11) is 2.20. The van der Waals surface area contributed by atoms with Crippen molar-refractivity contribution in [3.8, 4) is 0 Å². The summed E-state index contributed by atoms with van der Waals surface area (Å²) in [5, 5.41) is 11.8. The van der Waals surface area contributed by atoms with Gasteiger partial charge in [0, 0.05) is 24.8 Å². The van der Waals surface area contributed by atoms with Crippen LogP contribution in [-0.4, -0.2) is 34.0 Å². The fourth-order valence-electron chi connectivity index (χ4n) is 3.36. The van der Waals surface area contributed by atoms with Gasteiger partial charge in [-0.2, -0.15) is 0 Å². The zero-order valence-electron chi connectivity index (χ0n) is 12.4. The van der Waals surface area contributed by atoms with Crippen LogP contribution in [0.4, 0.5) is 5.69 Å². The normalized spacial score (nSPS) is 20.0. The van der Waals surface area contributed by atoms with E-state index in [4.69, 9.17) is 0 Å². The number of aromatic nitrogens is 1. The van der Waals surface area contributed by atoms with Gasteiger partial charge in [-0.15, -0.1) is 0 Å². The lowest BCUT2D eigenvalue weighted by Gasteiger charge is -2.32. The molecule has 3 rings (SSSR count). The lowest BCUT2D eigenvalue weighted by atomic mass is 10.0. The number of likely N-dealkylation sites (tertiary alicyclic amines) is 1. The number of aryl methyl sites for hydroxylation is 1. The molecule has 1 aliphatic heterocycles. The largest absolute Gasteiger partial charge is 0.347 e. The molecule has 1 saturated heterocycles. The minimum absolute atomic E-state index is 0.195. The average Bonchev–Trinajstić information content (AvgIpc) is 2.89. The highest BCUT2D eigenvalue weighted by atomic mass is 16.6. The molecule has 0 saturated carbocycles. The van der Waals surface area contributed by atoms with E-state index in [-0.39, 0.29) is 10.6 Å². The number of benzene rings is 1. The van der Waals surface area contributed by atoms with E-state index in [1.54, 1.807) is 12.1 Å². The Kier molecular flexibility index (Phi) is 3.92. The van der Waals surface area contributed by atoms with Crippen LogP contribution in [0, 0.1) is 10.1 Å². The van der Waals surface area contributed by atoms with Crippen molar-refractivity contribution in [1.29, 1.82) is 0 Å². The maximum atomic E-state index is 11.1. The van der Waals surface area contributed by atoms with Crippen molar-refractivity contribution in [3.63, 3.8) is 0 Å². The maximum Gasteiger partial charge on any atom is 0.278 e. The Morgan fingerprint density at radius 3 is 2.95 bits per heavy atom. The number of nitro benzene ring substituents is 1. The van der Waals surface area contributed by atoms with Crippen molar-refractivity contribution in [2.75, 3.05) is 13.6 Å². The molecule has 2 heterocycles. The van der Waals surface area contributed by atoms with Crippen LogP contribution in [-0.2, 0) is 6.54 Å². The summed E-state index contributed by atoms with van der Waals surface area (Å²) in [6.07, 6.45) is 6.94. The van der Waals surface area contributed by atoms with E-state index in [2.05, 4.69) is 16.5 Å². The molecule has 1 aromatic carbocycles. The highest BCUT2D eigenvalue weighted by Crippen LogP contribution is 2.27. The fourth-order valence-corrected chi connectivity index (χ4v) is 3.36. The van der Waals surface area contributed by atoms with Crippen LogP contribution in [0.15, 0.2) is 30.5 Å². The molecule has 1 unspecified atom stereocenters. The molecular weight excluding hydrogens is 266 g/mol. The van der Waals surface area contributed by atoms with E-state index in [0.717, 1.165) is 23.9 Å². The van der Waals surface area contributed by atoms with Crippen LogP contribution in [0.1, 0.15) is 25.7 Å². The maximum absolute atomic E-state index is 11.1. The van der Waals surface area contributed by atoms with Crippen LogP contribution in [0.3, 0.4) is 0 Å². The van der Waals surface area contributed by atoms with Gasteiger partial charge >= 0.3 is 0 Å². The number of non-ortho nitro benzene ring substituents is 1. The van der Waals surface area contributed by atoms with Crippen molar-refractivity contribution >= 4 is 16.6 Å². The lowest BCUT2D eigenvalue weighted by molar-refractivity contribution is -0.383. The van der Waals surface area contributed by atoms with E-state index in [9.17, 15) is 10.1 Å². The summed E-state index contributed by atoms with van der Waals surface area (Å²) in [5.41, 5.74) is 1.16. The minimum Gasteiger partial charge on any atom is -0.347 e. The third-order valence-electron chi connectivity index (χ3n) is 4.61. The Morgan fingerprint density at radius 2 is 2.19 bits per heavy atom. The van der Waals surface area contributed by atoms with E-state index in [1.165, 1.54) is 25.8 Å². The van der Waals surface area contributed by atoms with Gasteiger partial charge in [0.25, 0.3) is 5.69 Å². The molecule has 1 aromatic heterocycles. The molecular formula is C16H21N3O2. The van der Waals surface area contributed by atoms with Crippen molar-refractivity contribution in [2.24, 2.45) is 0 Å². The lowest BCUT2D eigenvalue weighted by Crippen LogP contribution is -2.36. The van der Waals surface area contributed by atoms with Gasteiger partial charge < -0.3 is 9.47 Å². The third kappa shape index (κ3) is 2.78. The predicted octanol–water partition coefficient (Wildman–Crippen LogP) is 3.42. The van der Waals surface area contributed by atoms with Gasteiger partial charge in [-0.25, -0.2) is 0 Å². The van der Waals surface area contributed by atoms with Crippen LogP contribution in [0.5, 0.6) is 0 Å². The summed E-state index contributed by atoms with van der Waals surface area (Å²) >= 11 is 0. The Labute approximate surface area is 124 Å². The Bertz CT molecular complexity index is 650. The van der Waals surface area contributed by atoms with Crippen LogP contribution in [0.2, 0.25) is 0 Å². The molecule has 1 aliphatic rings. The first-order valence-electron chi connectivity index (χ1n) is 7.59. The molecule has 21 heavy (non-hydrogen) atoms. The first-order valence-corrected chi connectivity index (χ1v) is 7.59. The van der Waals surface area contributed by atoms with Crippen LogP contribution >= 0.6 is 0 Å². The molecule has 5 heteroatoms. The van der Waals surface area contributed by atoms with E-state index in [0.29, 0.717) is 6.04 Å². The second kappa shape index (κ2) is 5.85. The average molecular weight is 287 g/mol. The number of rotatable bonds is 4. The molecule has 1 fully saturated rings. The molecule has 112 valence electrons. The van der Waals surface area contributed by atoms with Gasteiger partial charge in [0.2, 0.25) is 0 Å². The number of piperidine rings is 1. The second-order valence-corrected chi connectivity index (χ2v) is 5.90. The molecule has 0 aliphatic carbocycles. The number of nitro groups is 1. The van der Waals surface area contributed by atoms with Crippen LogP contribution in [0.25, 0.3) is 10.9 Å². The number of hydrogen-bond acceptors (Lipinski definition) is 3. The zero-order chi connectivity index (χ0) is 14.8.